The van der Waals surface area contributed by atoms with Crippen LogP contribution in [0.5, 0.6) is 11.5 Å². The number of primary amides is 1. The van der Waals surface area contributed by atoms with Crippen LogP contribution in [0.15, 0.2) is 54.6 Å². The van der Waals surface area contributed by atoms with Gasteiger partial charge in [-0.1, -0.05) is 18.2 Å². The van der Waals surface area contributed by atoms with Gasteiger partial charge in [0.1, 0.15) is 28.6 Å². The highest BCUT2D eigenvalue weighted by molar-refractivity contribution is 6.03. The summed E-state index contributed by atoms with van der Waals surface area (Å²) in [6.07, 6.45) is 3.27. The number of rotatable bonds is 8. The van der Waals surface area contributed by atoms with Crippen LogP contribution in [0, 0.1) is 5.92 Å². The number of nitrogens with one attached hydrogen (secondary N) is 2. The van der Waals surface area contributed by atoms with Gasteiger partial charge >= 0.3 is 0 Å². The zero-order valence-corrected chi connectivity index (χ0v) is 21.2. The SMILES string of the molecule is CNCCC(=O)N1CCC([C@@H]2CCNc3c(C(N)=O)c(-c4ccc(Oc5ccccc5)cc4)nn32)CC1. The molecule has 3 heterocycles. The quantitative estimate of drug-likeness (QED) is 0.433. The molecule has 0 bridgehead atoms. The fourth-order valence-corrected chi connectivity index (χ4v) is 5.40. The molecule has 0 unspecified atom stereocenters. The highest BCUT2D eigenvalue weighted by Gasteiger charge is 2.35. The number of fused-ring (bicyclic) bond motifs is 1. The molecular weight excluding hydrogens is 468 g/mol. The Morgan fingerprint density at radius 1 is 1.05 bits per heavy atom. The molecule has 0 aliphatic carbocycles. The highest BCUT2D eigenvalue weighted by Crippen LogP contribution is 2.40. The molecule has 3 aromatic rings. The minimum atomic E-state index is -0.501. The van der Waals surface area contributed by atoms with Crippen LogP contribution < -0.4 is 21.1 Å². The Balaban J connectivity index is 1.36. The maximum atomic E-state index is 12.6. The van der Waals surface area contributed by atoms with Crippen LogP contribution >= 0.6 is 0 Å². The third-order valence-electron chi connectivity index (χ3n) is 7.34. The molecular formula is C28H34N6O3. The smallest absolute Gasteiger partial charge is 0.254 e. The van der Waals surface area contributed by atoms with E-state index in [0.717, 1.165) is 50.2 Å². The number of nitrogens with zero attached hydrogens (tertiary/aromatic N) is 3. The molecule has 9 heteroatoms. The zero-order chi connectivity index (χ0) is 25.8. The normalized spacial score (nSPS) is 17.6. The van der Waals surface area contributed by atoms with Crippen molar-refractivity contribution < 1.29 is 14.3 Å². The zero-order valence-electron chi connectivity index (χ0n) is 21.2. The predicted octanol–water partition coefficient (Wildman–Crippen LogP) is 3.65. The summed E-state index contributed by atoms with van der Waals surface area (Å²) in [5.41, 5.74) is 7.66. The number of carbonyl (C=O) groups excluding carboxylic acids is 2. The Hall–Kier alpha value is -3.85. The summed E-state index contributed by atoms with van der Waals surface area (Å²) in [7, 11) is 1.86. The average molecular weight is 503 g/mol. The van der Waals surface area contributed by atoms with Gasteiger partial charge in [0.05, 0.1) is 6.04 Å². The van der Waals surface area contributed by atoms with Gasteiger partial charge < -0.3 is 26.0 Å². The number of hydrogen-bond donors (Lipinski definition) is 3. The number of piperidine rings is 1. The first kappa shape index (κ1) is 24.8. The first-order valence-electron chi connectivity index (χ1n) is 13.0. The molecule has 1 saturated heterocycles. The molecule has 5 rings (SSSR count). The standard InChI is InChI=1S/C28H34N6O3/c1-30-15-12-24(35)33-17-13-19(14-18-33)23-11-16-31-28-25(27(29)36)26(32-34(23)28)20-7-9-22(10-8-20)37-21-5-3-2-4-6-21/h2-10,19,23,30-31H,11-18H2,1H3,(H2,29,36)/t23-/m0/s1. The van der Waals surface area contributed by atoms with E-state index in [1.165, 1.54) is 0 Å². The third kappa shape index (κ3) is 5.32. The van der Waals surface area contributed by atoms with Crippen molar-refractivity contribution in [3.8, 4) is 22.8 Å². The second kappa shape index (κ2) is 11.0. The van der Waals surface area contributed by atoms with Crippen LogP contribution in [-0.2, 0) is 4.79 Å². The lowest BCUT2D eigenvalue weighted by molar-refractivity contribution is -0.132. The largest absolute Gasteiger partial charge is 0.457 e. The maximum Gasteiger partial charge on any atom is 0.254 e. The minimum Gasteiger partial charge on any atom is -0.457 e. The van der Waals surface area contributed by atoms with Crippen molar-refractivity contribution in [1.29, 1.82) is 0 Å². The Morgan fingerprint density at radius 3 is 2.43 bits per heavy atom. The fraction of sp³-hybridized carbons (Fsp3) is 0.393. The molecule has 9 nitrogen and oxygen atoms in total. The number of ether oxygens (including phenoxy) is 1. The van der Waals surface area contributed by atoms with E-state index in [9.17, 15) is 9.59 Å². The van der Waals surface area contributed by atoms with Crippen LogP contribution in [0.25, 0.3) is 11.3 Å². The molecule has 4 N–H and O–H groups in total. The molecule has 1 fully saturated rings. The summed E-state index contributed by atoms with van der Waals surface area (Å²) in [4.78, 5) is 27.0. The number of hydrogen-bond acceptors (Lipinski definition) is 6. The summed E-state index contributed by atoms with van der Waals surface area (Å²) in [6, 6.07) is 17.3. The highest BCUT2D eigenvalue weighted by atomic mass is 16.5. The van der Waals surface area contributed by atoms with Gasteiger partial charge in [-0.15, -0.1) is 0 Å². The summed E-state index contributed by atoms with van der Waals surface area (Å²) >= 11 is 0. The molecule has 2 aliphatic heterocycles. The summed E-state index contributed by atoms with van der Waals surface area (Å²) in [5.74, 6) is 2.23. The first-order valence-corrected chi connectivity index (χ1v) is 13.0. The number of amides is 2. The minimum absolute atomic E-state index is 0.151. The lowest BCUT2D eigenvalue weighted by atomic mass is 9.86. The molecule has 1 atom stereocenters. The van der Waals surface area contributed by atoms with E-state index in [2.05, 4.69) is 10.6 Å². The van der Waals surface area contributed by atoms with E-state index in [1.54, 1.807) is 0 Å². The molecule has 37 heavy (non-hydrogen) atoms. The second-order valence-electron chi connectivity index (χ2n) is 9.68. The van der Waals surface area contributed by atoms with Crippen LogP contribution in [0.2, 0.25) is 0 Å². The van der Waals surface area contributed by atoms with Gasteiger partial charge in [0.25, 0.3) is 5.91 Å². The Bertz CT molecular complexity index is 1230. The average Bonchev–Trinajstić information content (AvgIpc) is 3.33. The van der Waals surface area contributed by atoms with E-state index in [1.807, 2.05) is 71.2 Å². The van der Waals surface area contributed by atoms with Gasteiger partial charge in [0.2, 0.25) is 5.91 Å². The molecule has 0 spiro atoms. The van der Waals surface area contributed by atoms with Gasteiger partial charge in [0, 0.05) is 38.2 Å². The monoisotopic (exact) mass is 502 g/mol. The van der Waals surface area contributed by atoms with Crippen LogP contribution in [0.3, 0.4) is 0 Å². The fourth-order valence-electron chi connectivity index (χ4n) is 5.40. The Morgan fingerprint density at radius 2 is 1.76 bits per heavy atom. The number of benzene rings is 2. The van der Waals surface area contributed by atoms with E-state index in [-0.39, 0.29) is 11.9 Å². The van der Waals surface area contributed by atoms with Crippen LogP contribution in [-0.4, -0.2) is 59.7 Å². The molecule has 2 amide bonds. The number of carbonyl (C=O) groups is 2. The van der Waals surface area contributed by atoms with Gasteiger partial charge in [0.15, 0.2) is 0 Å². The summed E-state index contributed by atoms with van der Waals surface area (Å²) in [5, 5.41) is 11.3. The molecule has 2 aromatic carbocycles. The molecule has 0 saturated carbocycles. The van der Waals surface area contributed by atoms with E-state index in [0.29, 0.717) is 41.7 Å². The van der Waals surface area contributed by atoms with E-state index in [4.69, 9.17) is 15.6 Å². The Labute approximate surface area is 217 Å². The van der Waals surface area contributed by atoms with Crippen molar-refractivity contribution in [3.63, 3.8) is 0 Å². The maximum absolute atomic E-state index is 12.6. The van der Waals surface area contributed by atoms with Crippen molar-refractivity contribution in [2.24, 2.45) is 11.7 Å². The number of anilines is 1. The van der Waals surface area contributed by atoms with Gasteiger partial charge in [-0.2, -0.15) is 5.10 Å². The van der Waals surface area contributed by atoms with E-state index < -0.39 is 5.91 Å². The van der Waals surface area contributed by atoms with Crippen LogP contribution in [0.4, 0.5) is 5.82 Å². The molecule has 194 valence electrons. The number of aromatic nitrogens is 2. The number of para-hydroxylation sites is 1. The second-order valence-corrected chi connectivity index (χ2v) is 9.68. The molecule has 2 aliphatic rings. The van der Waals surface area contributed by atoms with Crippen LogP contribution in [0.1, 0.15) is 42.1 Å². The lowest BCUT2D eigenvalue weighted by Crippen LogP contribution is -2.42. The first-order chi connectivity index (χ1) is 18.0. The summed E-state index contributed by atoms with van der Waals surface area (Å²) in [6.45, 7) is 2.96. The van der Waals surface area contributed by atoms with Gasteiger partial charge in [-0.25, -0.2) is 4.68 Å². The Kier molecular flexibility index (Phi) is 7.41. The number of likely N-dealkylation sites (tertiary alicyclic amines) is 1. The topological polar surface area (TPSA) is 115 Å². The molecule has 0 radical (unpaired) electrons. The van der Waals surface area contributed by atoms with Crippen molar-refractivity contribution in [1.82, 2.24) is 20.0 Å². The van der Waals surface area contributed by atoms with E-state index >= 15 is 0 Å². The van der Waals surface area contributed by atoms with Gasteiger partial charge in [-0.05, 0) is 68.6 Å². The molecule has 1 aromatic heterocycles. The summed E-state index contributed by atoms with van der Waals surface area (Å²) < 4.78 is 7.88. The lowest BCUT2D eigenvalue weighted by Gasteiger charge is -2.38. The van der Waals surface area contributed by atoms with Crippen molar-refractivity contribution in [3.05, 3.63) is 60.2 Å². The van der Waals surface area contributed by atoms with Crippen molar-refractivity contribution in [2.75, 3.05) is 38.5 Å². The number of nitrogens with two attached hydrogens (primary N) is 1. The third-order valence-corrected chi connectivity index (χ3v) is 7.34. The van der Waals surface area contributed by atoms with Crippen molar-refractivity contribution >= 4 is 17.6 Å². The van der Waals surface area contributed by atoms with Gasteiger partial charge in [-0.3, -0.25) is 9.59 Å². The van der Waals surface area contributed by atoms with Crippen molar-refractivity contribution in [2.45, 2.75) is 31.7 Å². The predicted molar refractivity (Wildman–Crippen MR) is 143 cm³/mol.